The molecular formula is C30H36N10O2. The van der Waals surface area contributed by atoms with Crippen molar-refractivity contribution < 1.29 is 9.59 Å². The molecule has 5 rings (SSSR count). The number of carbonyl (C=O) groups excluding carboxylic acids is 2. The number of piperazine rings is 1. The number of terminal acetylenes is 1. The molecule has 1 aromatic carbocycles. The molecule has 3 aromatic rings. The third kappa shape index (κ3) is 5.58. The van der Waals surface area contributed by atoms with Crippen molar-refractivity contribution in [3.63, 3.8) is 0 Å². The third-order valence-corrected chi connectivity index (χ3v) is 8.23. The summed E-state index contributed by atoms with van der Waals surface area (Å²) >= 11 is 0. The Labute approximate surface area is 245 Å². The molecule has 2 amide bonds. The summed E-state index contributed by atoms with van der Waals surface area (Å²) in [7, 11) is 5.57. The van der Waals surface area contributed by atoms with E-state index in [2.05, 4.69) is 63.4 Å². The lowest BCUT2D eigenvalue weighted by molar-refractivity contribution is -0.128. The van der Waals surface area contributed by atoms with Gasteiger partial charge in [0.25, 0.3) is 5.91 Å². The van der Waals surface area contributed by atoms with Gasteiger partial charge in [-0.3, -0.25) is 19.6 Å². The van der Waals surface area contributed by atoms with E-state index in [9.17, 15) is 14.9 Å². The number of carbonyl (C=O) groups is 2. The highest BCUT2D eigenvalue weighted by molar-refractivity contribution is 5.93. The Morgan fingerprint density at radius 1 is 1.26 bits per heavy atom. The molecule has 0 saturated carbocycles. The van der Waals surface area contributed by atoms with Gasteiger partial charge < -0.3 is 20.0 Å². The molecule has 42 heavy (non-hydrogen) atoms. The minimum atomic E-state index is -0.404. The number of rotatable bonds is 7. The molecule has 2 aliphatic rings. The van der Waals surface area contributed by atoms with Crippen LogP contribution in [0.3, 0.4) is 0 Å². The van der Waals surface area contributed by atoms with Gasteiger partial charge in [-0.05, 0) is 37.1 Å². The number of amides is 2. The number of fused-ring (bicyclic) bond motifs is 2. The predicted octanol–water partition coefficient (Wildman–Crippen LogP) is 1.84. The van der Waals surface area contributed by atoms with Crippen molar-refractivity contribution in [3.05, 3.63) is 40.7 Å². The van der Waals surface area contributed by atoms with Crippen LogP contribution in [0.5, 0.6) is 0 Å². The fourth-order valence-corrected chi connectivity index (χ4v) is 5.98. The second-order valence-corrected chi connectivity index (χ2v) is 11.1. The molecule has 0 spiro atoms. The van der Waals surface area contributed by atoms with E-state index < -0.39 is 5.91 Å². The Balaban J connectivity index is 1.51. The summed E-state index contributed by atoms with van der Waals surface area (Å²) in [6.45, 7) is 4.50. The van der Waals surface area contributed by atoms with Crippen LogP contribution in [0.1, 0.15) is 41.3 Å². The first-order chi connectivity index (χ1) is 20.2. The number of aromatic amines is 1. The van der Waals surface area contributed by atoms with Crippen molar-refractivity contribution >= 4 is 34.5 Å². The number of nitrogens with one attached hydrogen (secondary N) is 2. The lowest BCUT2D eigenvalue weighted by atomic mass is 9.89. The van der Waals surface area contributed by atoms with Crippen LogP contribution in [0.4, 0.5) is 11.8 Å². The number of aromatic nitrogens is 4. The number of hydrogen-bond acceptors (Lipinski definition) is 9. The minimum absolute atomic E-state index is 0.0136. The van der Waals surface area contributed by atoms with Crippen molar-refractivity contribution in [2.75, 3.05) is 57.5 Å². The second kappa shape index (κ2) is 12.0. The maximum atomic E-state index is 12.4. The highest BCUT2D eigenvalue weighted by Gasteiger charge is 2.35. The largest absolute Gasteiger partial charge is 0.354 e. The van der Waals surface area contributed by atoms with Gasteiger partial charge >= 0.3 is 0 Å². The Morgan fingerprint density at radius 3 is 2.81 bits per heavy atom. The van der Waals surface area contributed by atoms with E-state index in [0.717, 1.165) is 28.0 Å². The summed E-state index contributed by atoms with van der Waals surface area (Å²) in [5.74, 6) is 3.04. The van der Waals surface area contributed by atoms with Crippen molar-refractivity contribution in [1.82, 2.24) is 34.9 Å². The Hall–Kier alpha value is -4.68. The number of likely N-dealkylation sites (N-methyl/N-ethyl adjacent to an activating group) is 1. The monoisotopic (exact) mass is 568 g/mol. The number of nitriles is 1. The van der Waals surface area contributed by atoms with Crippen molar-refractivity contribution in [3.8, 4) is 18.4 Å². The lowest BCUT2D eigenvalue weighted by Gasteiger charge is -2.42. The summed E-state index contributed by atoms with van der Waals surface area (Å²) in [4.78, 5) is 42.1. The first kappa shape index (κ1) is 28.8. The molecule has 2 aromatic heterocycles. The van der Waals surface area contributed by atoms with Gasteiger partial charge in [0.05, 0.1) is 35.9 Å². The summed E-state index contributed by atoms with van der Waals surface area (Å²) < 4.78 is 0. The standard InChI is InChI=1S/C30H36N10O2/c1-6-26(41)40-14-13-39(17-20(40)9-11-31)29-22-18-38(5)25(28-19(2)7-8-23-21(28)16-33-36-23)15-24(22)34-30(35-29)32-12-10-27(42)37(3)4/h1,7-8,16,20,25H,9-10,12-15,17-18H2,2-5H3,(H,33,36)(H,32,34,35). The Kier molecular flexibility index (Phi) is 8.27. The van der Waals surface area contributed by atoms with Gasteiger partial charge in [-0.25, -0.2) is 4.98 Å². The molecule has 12 nitrogen and oxygen atoms in total. The number of aryl methyl sites for hydroxylation is 1. The third-order valence-electron chi connectivity index (χ3n) is 8.23. The van der Waals surface area contributed by atoms with Gasteiger partial charge in [0.1, 0.15) is 5.82 Å². The average molecular weight is 569 g/mol. The molecule has 2 N–H and O–H groups in total. The highest BCUT2D eigenvalue weighted by Crippen LogP contribution is 2.39. The molecule has 0 aliphatic carbocycles. The van der Waals surface area contributed by atoms with Crippen LogP contribution in [-0.4, -0.2) is 100 Å². The maximum absolute atomic E-state index is 12.4. The van der Waals surface area contributed by atoms with Crippen molar-refractivity contribution in [1.29, 1.82) is 5.26 Å². The van der Waals surface area contributed by atoms with Crippen LogP contribution in [-0.2, 0) is 22.6 Å². The summed E-state index contributed by atoms with van der Waals surface area (Å²) in [5, 5.41) is 21.2. The fourth-order valence-electron chi connectivity index (χ4n) is 5.98. The van der Waals surface area contributed by atoms with Crippen LogP contribution in [0.2, 0.25) is 0 Å². The number of anilines is 2. The Morgan fingerprint density at radius 2 is 2.07 bits per heavy atom. The van der Waals surface area contributed by atoms with E-state index >= 15 is 0 Å². The Bertz CT molecular complexity index is 1580. The number of H-pyrrole nitrogens is 1. The second-order valence-electron chi connectivity index (χ2n) is 11.1. The topological polar surface area (TPSA) is 137 Å². The quantitative estimate of drug-likeness (QED) is 0.409. The van der Waals surface area contributed by atoms with Crippen LogP contribution in [0.25, 0.3) is 10.9 Å². The van der Waals surface area contributed by atoms with E-state index in [1.54, 1.807) is 23.9 Å². The van der Waals surface area contributed by atoms with Crippen LogP contribution >= 0.6 is 0 Å². The van der Waals surface area contributed by atoms with Crippen molar-refractivity contribution in [2.24, 2.45) is 0 Å². The highest BCUT2D eigenvalue weighted by atomic mass is 16.2. The van der Waals surface area contributed by atoms with Gasteiger partial charge in [-0.1, -0.05) is 6.07 Å². The van der Waals surface area contributed by atoms with Crippen LogP contribution in [0.15, 0.2) is 18.3 Å². The van der Waals surface area contributed by atoms with E-state index in [1.165, 1.54) is 11.1 Å². The number of nitrogens with zero attached hydrogens (tertiary/aromatic N) is 8. The zero-order chi connectivity index (χ0) is 30.0. The first-order valence-corrected chi connectivity index (χ1v) is 14.1. The SMILES string of the molecule is C#CC(=O)N1CCN(c2nc(NCCC(=O)N(C)C)nc3c2CN(C)C(c2c(C)ccc4[nH]ncc24)C3)CC1CC#N. The van der Waals surface area contributed by atoms with Gasteiger partial charge in [0.15, 0.2) is 0 Å². The van der Waals surface area contributed by atoms with Gasteiger partial charge in [0, 0.05) is 76.7 Å². The van der Waals surface area contributed by atoms with Gasteiger partial charge in [-0.15, -0.1) is 6.42 Å². The van der Waals surface area contributed by atoms with E-state index in [0.29, 0.717) is 51.5 Å². The van der Waals surface area contributed by atoms with Gasteiger partial charge in [-0.2, -0.15) is 15.3 Å². The van der Waals surface area contributed by atoms with Crippen molar-refractivity contribution in [2.45, 2.75) is 44.8 Å². The molecule has 1 fully saturated rings. The number of benzene rings is 1. The zero-order valence-corrected chi connectivity index (χ0v) is 24.5. The summed E-state index contributed by atoms with van der Waals surface area (Å²) in [6.07, 6.45) is 8.44. The molecule has 4 heterocycles. The van der Waals surface area contributed by atoms with Gasteiger partial charge in [0.2, 0.25) is 11.9 Å². The molecule has 12 heteroatoms. The molecule has 1 saturated heterocycles. The first-order valence-electron chi connectivity index (χ1n) is 14.1. The average Bonchev–Trinajstić information content (AvgIpc) is 3.45. The molecule has 0 bridgehead atoms. The lowest BCUT2D eigenvalue weighted by Crippen LogP contribution is -2.55. The van der Waals surface area contributed by atoms with E-state index in [1.807, 2.05) is 6.20 Å². The van der Waals surface area contributed by atoms with Crippen LogP contribution < -0.4 is 10.2 Å². The summed E-state index contributed by atoms with van der Waals surface area (Å²) in [5.41, 5.74) is 5.36. The van der Waals surface area contributed by atoms with E-state index in [4.69, 9.17) is 16.4 Å². The molecule has 2 aliphatic heterocycles. The summed E-state index contributed by atoms with van der Waals surface area (Å²) in [6, 6.07) is 6.10. The smallest absolute Gasteiger partial charge is 0.298 e. The molecule has 2 unspecified atom stereocenters. The van der Waals surface area contributed by atoms with E-state index in [-0.39, 0.29) is 24.4 Å². The fraction of sp³-hybridized carbons (Fsp3) is 0.467. The molecular weight excluding hydrogens is 532 g/mol. The zero-order valence-electron chi connectivity index (χ0n) is 24.5. The maximum Gasteiger partial charge on any atom is 0.298 e. The molecule has 2 atom stereocenters. The predicted molar refractivity (Wildman–Crippen MR) is 159 cm³/mol. The van der Waals surface area contributed by atoms with Crippen LogP contribution in [0, 0.1) is 30.6 Å². The normalized spacial score (nSPS) is 18.7. The molecule has 218 valence electrons. The number of hydrogen-bond donors (Lipinski definition) is 2. The molecule has 0 radical (unpaired) electrons. The minimum Gasteiger partial charge on any atom is -0.354 e.